The first-order valence-electron chi connectivity index (χ1n) is 7.82. The molecule has 0 saturated carbocycles. The second-order valence-corrected chi connectivity index (χ2v) is 5.07. The van der Waals surface area contributed by atoms with Crippen LogP contribution >= 0.6 is 0 Å². The minimum Gasteiger partial charge on any atom is -0.477 e. The van der Waals surface area contributed by atoms with Crippen molar-refractivity contribution in [1.82, 2.24) is 15.2 Å². The number of hydrogen-bond acceptors (Lipinski definition) is 3. The van der Waals surface area contributed by atoms with Crippen molar-refractivity contribution in [3.63, 3.8) is 0 Å². The second kappa shape index (κ2) is 10.7. The lowest BCUT2D eigenvalue weighted by molar-refractivity contribution is 0.301. The predicted octanol–water partition coefficient (Wildman–Crippen LogP) is 2.84. The van der Waals surface area contributed by atoms with Crippen LogP contribution < -0.4 is 10.1 Å². The predicted molar refractivity (Wildman–Crippen MR) is 92.3 cm³/mol. The minimum atomic E-state index is 0.644. The van der Waals surface area contributed by atoms with Gasteiger partial charge in [0.15, 0.2) is 5.96 Å². The van der Waals surface area contributed by atoms with E-state index in [0.29, 0.717) is 19.0 Å². The Morgan fingerprint density at radius 1 is 1.55 bits per heavy atom. The normalized spacial score (nSPS) is 11.1. The number of allylic oxidation sites excluding steroid dienone is 1. The SMILES string of the molecule is C=CCCCN(C)C(=NC)NCc1cccnc1OCCC. The van der Waals surface area contributed by atoms with E-state index in [0.717, 1.165) is 37.3 Å². The van der Waals surface area contributed by atoms with E-state index in [1.807, 2.05) is 25.3 Å². The summed E-state index contributed by atoms with van der Waals surface area (Å²) in [6.07, 6.45) is 6.75. The van der Waals surface area contributed by atoms with Crippen LogP contribution in [0.15, 0.2) is 36.0 Å². The number of pyridine rings is 1. The number of unbranched alkanes of at least 4 members (excludes halogenated alkanes) is 1. The average Bonchev–Trinajstić information content (AvgIpc) is 2.54. The molecule has 1 aromatic rings. The number of nitrogens with zero attached hydrogens (tertiary/aromatic N) is 3. The Balaban J connectivity index is 2.57. The first-order chi connectivity index (χ1) is 10.7. The second-order valence-electron chi connectivity index (χ2n) is 5.07. The molecular formula is C17H28N4O. The standard InChI is InChI=1S/C17H28N4O/c1-5-7-8-12-21(4)17(18-3)20-14-15-10-9-11-19-16(15)22-13-6-2/h5,9-11H,1,6-8,12-14H2,2-4H3,(H,18,20). The van der Waals surface area contributed by atoms with Gasteiger partial charge >= 0.3 is 0 Å². The molecule has 0 aliphatic carbocycles. The molecule has 5 nitrogen and oxygen atoms in total. The van der Waals surface area contributed by atoms with Gasteiger partial charge in [0, 0.05) is 38.9 Å². The Labute approximate surface area is 134 Å². The molecule has 1 heterocycles. The van der Waals surface area contributed by atoms with Gasteiger partial charge in [-0.25, -0.2) is 4.98 Å². The summed E-state index contributed by atoms with van der Waals surface area (Å²) in [6.45, 7) is 8.10. The molecule has 0 amide bonds. The van der Waals surface area contributed by atoms with Crippen molar-refractivity contribution in [3.8, 4) is 5.88 Å². The molecule has 122 valence electrons. The van der Waals surface area contributed by atoms with E-state index in [2.05, 4.69) is 33.7 Å². The summed E-state index contributed by atoms with van der Waals surface area (Å²) in [4.78, 5) is 10.7. The molecule has 0 fully saturated rings. The van der Waals surface area contributed by atoms with Crippen molar-refractivity contribution in [2.24, 2.45) is 4.99 Å². The zero-order valence-electron chi connectivity index (χ0n) is 14.0. The van der Waals surface area contributed by atoms with Gasteiger partial charge in [0.05, 0.1) is 6.61 Å². The number of rotatable bonds is 9. The molecule has 0 spiro atoms. The van der Waals surface area contributed by atoms with Crippen molar-refractivity contribution in [3.05, 3.63) is 36.5 Å². The molecule has 22 heavy (non-hydrogen) atoms. The van der Waals surface area contributed by atoms with Gasteiger partial charge in [-0.3, -0.25) is 4.99 Å². The van der Waals surface area contributed by atoms with E-state index >= 15 is 0 Å². The van der Waals surface area contributed by atoms with Gasteiger partial charge in [0.1, 0.15) is 0 Å². The Morgan fingerprint density at radius 3 is 3.05 bits per heavy atom. The van der Waals surface area contributed by atoms with Crippen LogP contribution in [0, 0.1) is 0 Å². The summed E-state index contributed by atoms with van der Waals surface area (Å²) in [5, 5.41) is 3.36. The smallest absolute Gasteiger partial charge is 0.218 e. The molecule has 1 rings (SSSR count). The van der Waals surface area contributed by atoms with Crippen molar-refractivity contribution < 1.29 is 4.74 Å². The lowest BCUT2D eigenvalue weighted by Gasteiger charge is -2.22. The summed E-state index contributed by atoms with van der Waals surface area (Å²) >= 11 is 0. The van der Waals surface area contributed by atoms with Crippen LogP contribution in [0.3, 0.4) is 0 Å². The monoisotopic (exact) mass is 304 g/mol. The Hall–Kier alpha value is -2.04. The molecule has 0 aromatic carbocycles. The van der Waals surface area contributed by atoms with Crippen molar-refractivity contribution in [2.75, 3.05) is 27.2 Å². The molecule has 1 N–H and O–H groups in total. The highest BCUT2D eigenvalue weighted by atomic mass is 16.5. The maximum atomic E-state index is 5.68. The summed E-state index contributed by atoms with van der Waals surface area (Å²) < 4.78 is 5.68. The minimum absolute atomic E-state index is 0.644. The van der Waals surface area contributed by atoms with E-state index in [1.54, 1.807) is 13.2 Å². The summed E-state index contributed by atoms with van der Waals surface area (Å²) in [6, 6.07) is 3.95. The highest BCUT2D eigenvalue weighted by Crippen LogP contribution is 2.14. The molecule has 0 bridgehead atoms. The number of nitrogens with one attached hydrogen (secondary N) is 1. The lowest BCUT2D eigenvalue weighted by atomic mass is 10.2. The molecule has 0 aliphatic heterocycles. The van der Waals surface area contributed by atoms with Gasteiger partial charge in [0.2, 0.25) is 5.88 Å². The van der Waals surface area contributed by atoms with Crippen molar-refractivity contribution >= 4 is 5.96 Å². The quantitative estimate of drug-likeness (QED) is 0.330. The fourth-order valence-corrected chi connectivity index (χ4v) is 2.03. The summed E-state index contributed by atoms with van der Waals surface area (Å²) in [5.74, 6) is 1.57. The van der Waals surface area contributed by atoms with Crippen LogP contribution in [0.5, 0.6) is 5.88 Å². The molecule has 1 aromatic heterocycles. The van der Waals surface area contributed by atoms with Gasteiger partial charge in [-0.15, -0.1) is 6.58 Å². The Bertz CT molecular complexity index is 473. The number of aromatic nitrogens is 1. The van der Waals surface area contributed by atoms with E-state index in [-0.39, 0.29) is 0 Å². The molecular weight excluding hydrogens is 276 g/mol. The van der Waals surface area contributed by atoms with E-state index in [9.17, 15) is 0 Å². The zero-order chi connectivity index (χ0) is 16.2. The van der Waals surface area contributed by atoms with Crippen LogP contribution in [0.2, 0.25) is 0 Å². The van der Waals surface area contributed by atoms with E-state index in [4.69, 9.17) is 4.74 Å². The molecule has 5 heteroatoms. The Morgan fingerprint density at radius 2 is 2.36 bits per heavy atom. The van der Waals surface area contributed by atoms with Gasteiger partial charge in [-0.2, -0.15) is 0 Å². The van der Waals surface area contributed by atoms with Gasteiger partial charge in [-0.05, 0) is 25.3 Å². The molecule has 0 saturated heterocycles. The third kappa shape index (κ3) is 6.16. The Kier molecular flexibility index (Phi) is 8.72. The number of ether oxygens (including phenoxy) is 1. The van der Waals surface area contributed by atoms with Crippen molar-refractivity contribution in [2.45, 2.75) is 32.7 Å². The lowest BCUT2D eigenvalue weighted by Crippen LogP contribution is -2.39. The first kappa shape index (κ1) is 18.0. The van der Waals surface area contributed by atoms with Gasteiger partial charge in [-0.1, -0.05) is 19.1 Å². The average molecular weight is 304 g/mol. The van der Waals surface area contributed by atoms with E-state index in [1.165, 1.54) is 0 Å². The maximum absolute atomic E-state index is 5.68. The van der Waals surface area contributed by atoms with E-state index < -0.39 is 0 Å². The van der Waals surface area contributed by atoms with Crippen LogP contribution in [0.25, 0.3) is 0 Å². The molecule has 0 unspecified atom stereocenters. The van der Waals surface area contributed by atoms with Crippen LogP contribution in [-0.2, 0) is 6.54 Å². The van der Waals surface area contributed by atoms with Gasteiger partial charge in [0.25, 0.3) is 0 Å². The largest absolute Gasteiger partial charge is 0.477 e. The molecule has 0 atom stereocenters. The zero-order valence-corrected chi connectivity index (χ0v) is 14.0. The first-order valence-corrected chi connectivity index (χ1v) is 7.82. The summed E-state index contributed by atoms with van der Waals surface area (Å²) in [7, 11) is 3.83. The molecule has 0 radical (unpaired) electrons. The van der Waals surface area contributed by atoms with Crippen LogP contribution in [0.1, 0.15) is 31.7 Å². The number of guanidine groups is 1. The third-order valence-electron chi connectivity index (χ3n) is 3.20. The van der Waals surface area contributed by atoms with Gasteiger partial charge < -0.3 is 15.0 Å². The third-order valence-corrected chi connectivity index (χ3v) is 3.20. The number of aliphatic imine (C=N–C) groups is 1. The van der Waals surface area contributed by atoms with Crippen LogP contribution in [0.4, 0.5) is 0 Å². The highest BCUT2D eigenvalue weighted by Gasteiger charge is 2.08. The topological polar surface area (TPSA) is 49.8 Å². The summed E-state index contributed by atoms with van der Waals surface area (Å²) in [5.41, 5.74) is 1.04. The fraction of sp³-hybridized carbons (Fsp3) is 0.529. The highest BCUT2D eigenvalue weighted by molar-refractivity contribution is 5.79. The fourth-order valence-electron chi connectivity index (χ4n) is 2.03. The number of hydrogen-bond donors (Lipinski definition) is 1. The van der Waals surface area contributed by atoms with Crippen LogP contribution in [-0.4, -0.2) is 43.1 Å². The van der Waals surface area contributed by atoms with Crippen molar-refractivity contribution in [1.29, 1.82) is 0 Å². The maximum Gasteiger partial charge on any atom is 0.218 e. The molecule has 0 aliphatic rings.